The molecule has 0 N–H and O–H groups in total. The number of amides is 1. The number of benzene rings is 1. The quantitative estimate of drug-likeness (QED) is 0.259. The Hall–Kier alpha value is -2.83. The predicted octanol–water partition coefficient (Wildman–Crippen LogP) is 3.97. The van der Waals surface area contributed by atoms with E-state index in [0.717, 1.165) is 11.4 Å². The lowest BCUT2D eigenvalue weighted by atomic mass is 10.1. The number of carbonyl (C=O) groups excluding carboxylic acids is 2. The Bertz CT molecular complexity index is 1100. The smallest absolute Gasteiger partial charge is 0.349 e. The zero-order valence-corrected chi connectivity index (χ0v) is 21.1. The van der Waals surface area contributed by atoms with Gasteiger partial charge >= 0.3 is 5.97 Å². The van der Waals surface area contributed by atoms with E-state index in [1.165, 1.54) is 25.2 Å². The van der Waals surface area contributed by atoms with Gasteiger partial charge in [0.05, 0.1) is 28.9 Å². The Kier molecular flexibility index (Phi) is 10.6. The van der Waals surface area contributed by atoms with E-state index >= 15 is 0 Å². The van der Waals surface area contributed by atoms with Gasteiger partial charge in [0.15, 0.2) is 6.61 Å². The van der Waals surface area contributed by atoms with Gasteiger partial charge in [0, 0.05) is 38.7 Å². The van der Waals surface area contributed by atoms with Crippen LogP contribution in [0.2, 0.25) is 10.0 Å². The molecule has 1 aromatic carbocycles. The summed E-state index contributed by atoms with van der Waals surface area (Å²) in [7, 11) is 3.06. The van der Waals surface area contributed by atoms with Crippen molar-refractivity contribution in [3.8, 4) is 11.8 Å². The lowest BCUT2D eigenvalue weighted by molar-refractivity contribution is -0.149. The highest BCUT2D eigenvalue weighted by Gasteiger charge is 2.19. The van der Waals surface area contributed by atoms with Crippen molar-refractivity contribution in [3.63, 3.8) is 0 Å². The summed E-state index contributed by atoms with van der Waals surface area (Å²) in [4.78, 5) is 26.5. The van der Waals surface area contributed by atoms with Crippen LogP contribution in [0, 0.1) is 25.2 Å². The van der Waals surface area contributed by atoms with E-state index in [4.69, 9.17) is 37.4 Å². The summed E-state index contributed by atoms with van der Waals surface area (Å²) in [6.07, 6.45) is 1.43. The van der Waals surface area contributed by atoms with E-state index < -0.39 is 18.5 Å². The molecule has 0 bridgehead atoms. The largest absolute Gasteiger partial charge is 0.451 e. The van der Waals surface area contributed by atoms with Gasteiger partial charge in [-0.15, -0.1) is 0 Å². The van der Waals surface area contributed by atoms with Gasteiger partial charge in [0.1, 0.15) is 11.6 Å². The molecular formula is C24H27Cl2N3O5. The van der Waals surface area contributed by atoms with Crippen molar-refractivity contribution in [1.82, 2.24) is 9.47 Å². The Morgan fingerprint density at radius 1 is 1.15 bits per heavy atom. The Morgan fingerprint density at radius 3 is 2.38 bits per heavy atom. The van der Waals surface area contributed by atoms with Crippen molar-refractivity contribution in [2.75, 3.05) is 47.1 Å². The zero-order chi connectivity index (χ0) is 25.3. The van der Waals surface area contributed by atoms with Gasteiger partial charge in [-0.1, -0.05) is 29.3 Å². The van der Waals surface area contributed by atoms with Gasteiger partial charge in [0.2, 0.25) is 0 Å². The number of halogens is 2. The number of ether oxygens (including phenoxy) is 3. The SMILES string of the molecule is COCCN(CCOC)C(=O)COC(=O)/C(C#N)=C/c1cc(C)n(-c2cccc(Cl)c2Cl)c1C. The molecule has 0 atom stereocenters. The molecule has 2 aromatic rings. The maximum absolute atomic E-state index is 12.5. The van der Waals surface area contributed by atoms with Gasteiger partial charge in [-0.05, 0) is 43.7 Å². The number of nitriles is 1. The maximum atomic E-state index is 12.5. The minimum atomic E-state index is -0.889. The van der Waals surface area contributed by atoms with Crippen molar-refractivity contribution >= 4 is 41.2 Å². The van der Waals surface area contributed by atoms with Crippen LogP contribution in [0.3, 0.4) is 0 Å². The second-order valence-electron chi connectivity index (χ2n) is 7.35. The number of hydrogen-bond acceptors (Lipinski definition) is 6. The third kappa shape index (κ3) is 6.84. The second-order valence-corrected chi connectivity index (χ2v) is 8.13. The average molecular weight is 508 g/mol. The molecule has 0 saturated carbocycles. The van der Waals surface area contributed by atoms with Crippen molar-refractivity contribution in [1.29, 1.82) is 5.26 Å². The Balaban J connectivity index is 2.20. The van der Waals surface area contributed by atoms with Crippen LogP contribution in [0.1, 0.15) is 17.0 Å². The van der Waals surface area contributed by atoms with Crippen LogP contribution in [0.15, 0.2) is 29.8 Å². The Morgan fingerprint density at radius 2 is 1.79 bits per heavy atom. The number of hydrogen-bond donors (Lipinski definition) is 0. The molecule has 10 heteroatoms. The first-order valence-corrected chi connectivity index (χ1v) is 11.2. The molecule has 0 fully saturated rings. The highest BCUT2D eigenvalue weighted by molar-refractivity contribution is 6.43. The standard InChI is InChI=1S/C24H27Cl2N3O5/c1-16-12-18(17(2)29(16)21-7-5-6-20(25)23(21)26)13-19(14-27)24(31)34-15-22(30)28(8-10-32-3)9-11-33-4/h5-7,12-13H,8-11,15H2,1-4H3/b19-13+. The minimum Gasteiger partial charge on any atom is -0.451 e. The summed E-state index contributed by atoms with van der Waals surface area (Å²) in [6, 6.07) is 8.98. The lowest BCUT2D eigenvalue weighted by Crippen LogP contribution is -2.39. The van der Waals surface area contributed by atoms with Crippen LogP contribution in [-0.2, 0) is 23.8 Å². The summed E-state index contributed by atoms with van der Waals surface area (Å²) in [5.74, 6) is -1.30. The van der Waals surface area contributed by atoms with Crippen LogP contribution < -0.4 is 0 Å². The van der Waals surface area contributed by atoms with E-state index in [1.807, 2.05) is 36.6 Å². The van der Waals surface area contributed by atoms with Gasteiger partial charge in [-0.2, -0.15) is 5.26 Å². The predicted molar refractivity (Wildman–Crippen MR) is 130 cm³/mol. The molecule has 0 aliphatic rings. The summed E-state index contributed by atoms with van der Waals surface area (Å²) < 4.78 is 17.0. The molecule has 0 unspecified atom stereocenters. The monoisotopic (exact) mass is 507 g/mol. The molecule has 2 rings (SSSR count). The Labute approximate surface area is 209 Å². The maximum Gasteiger partial charge on any atom is 0.349 e. The fourth-order valence-corrected chi connectivity index (χ4v) is 3.70. The summed E-state index contributed by atoms with van der Waals surface area (Å²) in [5.41, 5.74) is 2.67. The van der Waals surface area contributed by atoms with Crippen LogP contribution in [-0.4, -0.2) is 68.5 Å². The summed E-state index contributed by atoms with van der Waals surface area (Å²) in [6.45, 7) is 4.54. The van der Waals surface area contributed by atoms with Crippen LogP contribution in [0.25, 0.3) is 11.8 Å². The van der Waals surface area contributed by atoms with Crippen LogP contribution >= 0.6 is 23.2 Å². The number of aromatic nitrogens is 1. The molecule has 0 saturated heterocycles. The van der Waals surface area contributed by atoms with Gasteiger partial charge < -0.3 is 23.7 Å². The number of aryl methyl sites for hydroxylation is 1. The minimum absolute atomic E-state index is 0.231. The number of esters is 1. The third-order valence-electron chi connectivity index (χ3n) is 5.09. The number of carbonyl (C=O) groups is 2. The van der Waals surface area contributed by atoms with Crippen LogP contribution in [0.5, 0.6) is 0 Å². The van der Waals surface area contributed by atoms with E-state index in [2.05, 4.69) is 0 Å². The molecule has 0 radical (unpaired) electrons. The first kappa shape index (κ1) is 27.4. The number of rotatable bonds is 11. The van der Waals surface area contributed by atoms with Crippen molar-refractivity contribution < 1.29 is 23.8 Å². The van der Waals surface area contributed by atoms with Gasteiger partial charge in [-0.3, -0.25) is 4.79 Å². The third-order valence-corrected chi connectivity index (χ3v) is 5.90. The highest BCUT2D eigenvalue weighted by atomic mass is 35.5. The molecule has 1 aromatic heterocycles. The van der Waals surface area contributed by atoms with Crippen molar-refractivity contribution in [2.24, 2.45) is 0 Å². The summed E-state index contributed by atoms with van der Waals surface area (Å²) in [5, 5.41) is 10.3. The van der Waals surface area contributed by atoms with E-state index in [0.29, 0.717) is 47.6 Å². The van der Waals surface area contributed by atoms with E-state index in [9.17, 15) is 14.9 Å². The summed E-state index contributed by atoms with van der Waals surface area (Å²) >= 11 is 12.5. The van der Waals surface area contributed by atoms with Crippen LogP contribution in [0.4, 0.5) is 0 Å². The molecule has 0 spiro atoms. The highest BCUT2D eigenvalue weighted by Crippen LogP contribution is 2.32. The fraction of sp³-hybridized carbons (Fsp3) is 0.375. The van der Waals surface area contributed by atoms with E-state index in [1.54, 1.807) is 12.1 Å². The molecule has 182 valence electrons. The average Bonchev–Trinajstić information content (AvgIpc) is 3.10. The zero-order valence-electron chi connectivity index (χ0n) is 19.6. The molecule has 34 heavy (non-hydrogen) atoms. The second kappa shape index (κ2) is 13.2. The van der Waals surface area contributed by atoms with Gasteiger partial charge in [-0.25, -0.2) is 4.79 Å². The number of methoxy groups -OCH3 is 2. The first-order chi connectivity index (χ1) is 16.2. The molecular weight excluding hydrogens is 481 g/mol. The molecule has 1 amide bonds. The molecule has 8 nitrogen and oxygen atoms in total. The molecule has 0 aliphatic heterocycles. The van der Waals surface area contributed by atoms with E-state index in [-0.39, 0.29) is 5.57 Å². The van der Waals surface area contributed by atoms with Crippen molar-refractivity contribution in [2.45, 2.75) is 13.8 Å². The number of nitrogens with zero attached hydrogens (tertiary/aromatic N) is 3. The topological polar surface area (TPSA) is 93.8 Å². The lowest BCUT2D eigenvalue weighted by Gasteiger charge is -2.21. The van der Waals surface area contributed by atoms with Gasteiger partial charge in [0.25, 0.3) is 5.91 Å². The molecule has 0 aliphatic carbocycles. The first-order valence-electron chi connectivity index (χ1n) is 10.4. The fourth-order valence-electron chi connectivity index (χ4n) is 3.32. The van der Waals surface area contributed by atoms with Crippen molar-refractivity contribution in [3.05, 3.63) is 56.8 Å². The normalized spacial score (nSPS) is 11.3. The molecule has 1 heterocycles.